The van der Waals surface area contributed by atoms with Gasteiger partial charge in [0, 0.05) is 12.1 Å². The van der Waals surface area contributed by atoms with E-state index in [1.807, 2.05) is 20.8 Å². The topological polar surface area (TPSA) is 73.6 Å². The first-order valence-corrected chi connectivity index (χ1v) is 8.88. The Morgan fingerprint density at radius 1 is 1.50 bits per heavy atom. The second kappa shape index (κ2) is 7.13. The van der Waals surface area contributed by atoms with Gasteiger partial charge in [0.25, 0.3) is 0 Å². The highest BCUT2D eigenvalue weighted by Gasteiger charge is 2.26. The first kappa shape index (κ1) is 17.0. The highest BCUT2D eigenvalue weighted by molar-refractivity contribution is 8.09. The van der Waals surface area contributed by atoms with E-state index in [-0.39, 0.29) is 17.5 Å². The van der Waals surface area contributed by atoms with E-state index in [0.29, 0.717) is 6.61 Å². The lowest BCUT2D eigenvalue weighted by molar-refractivity contribution is -0.385. The van der Waals surface area contributed by atoms with Gasteiger partial charge in [0.15, 0.2) is 0 Å². The monoisotopic (exact) mass is 318 g/mol. The molecule has 0 amide bonds. The van der Waals surface area contributed by atoms with Crippen molar-refractivity contribution in [2.45, 2.75) is 33.7 Å². The lowest BCUT2D eigenvalue weighted by Crippen LogP contribution is -2.23. The van der Waals surface area contributed by atoms with E-state index in [0.717, 1.165) is 5.56 Å². The zero-order chi connectivity index (χ0) is 15.3. The van der Waals surface area contributed by atoms with E-state index < -0.39 is 11.6 Å². The summed E-state index contributed by atoms with van der Waals surface area (Å²) in [6.45, 7) is 5.02. The van der Waals surface area contributed by atoms with Crippen molar-refractivity contribution in [3.05, 3.63) is 33.9 Å². The molecule has 0 aromatic heterocycles. The normalized spacial score (nSPS) is 14.1. The minimum Gasteiger partial charge on any atom is -0.425 e. The van der Waals surface area contributed by atoms with Gasteiger partial charge < -0.3 is 9.05 Å². The molecule has 1 N–H and O–H groups in total. The Morgan fingerprint density at radius 3 is 2.65 bits per heavy atom. The average molecular weight is 318 g/mol. The molecule has 0 fully saturated rings. The van der Waals surface area contributed by atoms with Gasteiger partial charge in [-0.2, -0.15) is 0 Å². The zero-order valence-electron chi connectivity index (χ0n) is 12.0. The Morgan fingerprint density at radius 2 is 2.15 bits per heavy atom. The number of hydrogen-bond donors (Lipinski definition) is 1. The molecule has 0 bridgehead atoms. The van der Waals surface area contributed by atoms with Crippen molar-refractivity contribution < 1.29 is 14.0 Å². The fraction of sp³-hybridized carbons (Fsp3) is 0.500. The lowest BCUT2D eigenvalue weighted by Gasteiger charge is -2.25. The van der Waals surface area contributed by atoms with Crippen molar-refractivity contribution in [3.63, 3.8) is 0 Å². The van der Waals surface area contributed by atoms with E-state index in [9.17, 15) is 10.1 Å². The Bertz CT molecular complexity index is 536. The molecule has 112 valence electrons. The third-order valence-electron chi connectivity index (χ3n) is 2.25. The maximum Gasteiger partial charge on any atom is 0.313 e. The van der Waals surface area contributed by atoms with Gasteiger partial charge in [-0.05, 0) is 51.1 Å². The number of nitro groups is 1. The summed E-state index contributed by atoms with van der Waals surface area (Å²) in [7, 11) is 0. The molecule has 1 rings (SSSR count). The molecular formula is C12H19N2O4PS. The molecule has 0 aliphatic rings. The van der Waals surface area contributed by atoms with Crippen LogP contribution < -0.4 is 9.61 Å². The third-order valence-corrected chi connectivity index (χ3v) is 4.97. The van der Waals surface area contributed by atoms with Gasteiger partial charge in [-0.1, -0.05) is 6.07 Å². The van der Waals surface area contributed by atoms with E-state index in [4.69, 9.17) is 20.9 Å². The summed E-state index contributed by atoms with van der Waals surface area (Å²) >= 11 is 5.38. The van der Waals surface area contributed by atoms with E-state index >= 15 is 0 Å². The van der Waals surface area contributed by atoms with Crippen LogP contribution >= 0.6 is 6.64 Å². The van der Waals surface area contributed by atoms with Crippen LogP contribution in [0, 0.1) is 17.0 Å². The number of nitrogens with one attached hydrogen (secondary N) is 1. The molecule has 0 saturated carbocycles. The minimum absolute atomic E-state index is 0.0521. The summed E-state index contributed by atoms with van der Waals surface area (Å²) in [5, 5.41) is 14.1. The van der Waals surface area contributed by atoms with Crippen LogP contribution in [0.2, 0.25) is 0 Å². The molecule has 1 aromatic carbocycles. The smallest absolute Gasteiger partial charge is 0.313 e. The van der Waals surface area contributed by atoms with Gasteiger partial charge in [0.1, 0.15) is 0 Å². The quantitative estimate of drug-likeness (QED) is 0.471. The predicted molar refractivity (Wildman–Crippen MR) is 82.6 cm³/mol. The summed E-state index contributed by atoms with van der Waals surface area (Å²) in [5.41, 5.74) is 0.739. The number of hydrogen-bond acceptors (Lipinski definition) is 5. The van der Waals surface area contributed by atoms with E-state index in [2.05, 4.69) is 5.09 Å². The van der Waals surface area contributed by atoms with Crippen molar-refractivity contribution in [2.24, 2.45) is 0 Å². The lowest BCUT2D eigenvalue weighted by atomic mass is 10.2. The summed E-state index contributed by atoms with van der Waals surface area (Å²) in [4.78, 5) is 10.6. The van der Waals surface area contributed by atoms with Crippen LogP contribution in [0.25, 0.3) is 0 Å². The first-order valence-electron chi connectivity index (χ1n) is 6.24. The van der Waals surface area contributed by atoms with Crippen LogP contribution in [-0.4, -0.2) is 17.6 Å². The molecule has 20 heavy (non-hydrogen) atoms. The highest BCUT2D eigenvalue weighted by Crippen LogP contribution is 2.47. The standard InChI is InChI=1S/C12H19N2O4PS/c1-5-17-19(20,13-9(2)3)18-12-8-10(4)6-7-11(12)14(15)16/h6-9H,5H2,1-4H3,(H,13,20). The van der Waals surface area contributed by atoms with Crippen LogP contribution in [0.1, 0.15) is 26.3 Å². The van der Waals surface area contributed by atoms with E-state index in [1.165, 1.54) is 6.07 Å². The number of nitrogens with zero attached hydrogens (tertiary/aromatic N) is 1. The number of rotatable bonds is 7. The largest absolute Gasteiger partial charge is 0.425 e. The number of nitro benzene ring substituents is 1. The average Bonchev–Trinajstić information content (AvgIpc) is 2.26. The predicted octanol–water partition coefficient (Wildman–Crippen LogP) is 3.54. The van der Waals surface area contributed by atoms with Crippen LogP contribution in [0.4, 0.5) is 5.69 Å². The van der Waals surface area contributed by atoms with E-state index in [1.54, 1.807) is 19.1 Å². The minimum atomic E-state index is -2.80. The molecule has 0 saturated heterocycles. The molecule has 0 spiro atoms. The van der Waals surface area contributed by atoms with Gasteiger partial charge in [0.05, 0.1) is 11.5 Å². The molecular weight excluding hydrogens is 299 g/mol. The SMILES string of the molecule is CCOP(=S)(NC(C)C)Oc1cc(C)ccc1[N+](=O)[O-]. The summed E-state index contributed by atoms with van der Waals surface area (Å²) in [5.74, 6) is 0.139. The van der Waals surface area contributed by atoms with Crippen molar-refractivity contribution in [1.82, 2.24) is 5.09 Å². The van der Waals surface area contributed by atoms with Crippen LogP contribution in [0.3, 0.4) is 0 Å². The Hall–Kier alpha value is -1.01. The number of benzene rings is 1. The fourth-order valence-electron chi connectivity index (χ4n) is 1.55. The maximum absolute atomic E-state index is 11.0. The van der Waals surface area contributed by atoms with Crippen molar-refractivity contribution in [2.75, 3.05) is 6.61 Å². The van der Waals surface area contributed by atoms with Crippen molar-refractivity contribution in [3.8, 4) is 5.75 Å². The Labute approximate surface area is 123 Å². The third kappa shape index (κ3) is 4.83. The molecule has 1 unspecified atom stereocenters. The maximum atomic E-state index is 11.0. The first-order chi connectivity index (χ1) is 9.27. The molecule has 0 radical (unpaired) electrons. The molecule has 0 heterocycles. The van der Waals surface area contributed by atoms with Gasteiger partial charge in [-0.25, -0.2) is 5.09 Å². The second-order valence-electron chi connectivity index (χ2n) is 4.52. The van der Waals surface area contributed by atoms with Crippen LogP contribution in [-0.2, 0) is 16.3 Å². The van der Waals surface area contributed by atoms with Crippen molar-refractivity contribution >= 4 is 24.1 Å². The zero-order valence-corrected chi connectivity index (χ0v) is 13.7. The summed E-state index contributed by atoms with van der Waals surface area (Å²) < 4.78 is 11.2. The molecule has 1 aromatic rings. The van der Waals surface area contributed by atoms with Crippen molar-refractivity contribution in [1.29, 1.82) is 0 Å². The molecule has 6 nitrogen and oxygen atoms in total. The van der Waals surface area contributed by atoms with Crippen LogP contribution in [0.15, 0.2) is 18.2 Å². The molecule has 1 atom stereocenters. The molecule has 0 aliphatic heterocycles. The summed E-state index contributed by atoms with van der Waals surface area (Å²) in [6.07, 6.45) is 0. The van der Waals surface area contributed by atoms with Crippen LogP contribution in [0.5, 0.6) is 5.75 Å². The second-order valence-corrected chi connectivity index (χ2v) is 7.65. The molecule has 0 aliphatic carbocycles. The van der Waals surface area contributed by atoms with Gasteiger partial charge in [-0.15, -0.1) is 0 Å². The highest BCUT2D eigenvalue weighted by atomic mass is 32.5. The van der Waals surface area contributed by atoms with Gasteiger partial charge in [-0.3, -0.25) is 10.1 Å². The Kier molecular flexibility index (Phi) is 6.07. The Balaban J connectivity index is 3.13. The fourth-order valence-corrected chi connectivity index (χ4v) is 4.30. The van der Waals surface area contributed by atoms with Gasteiger partial charge >= 0.3 is 12.3 Å². The number of aryl methyl sites for hydroxylation is 1. The molecule has 8 heteroatoms. The van der Waals surface area contributed by atoms with Gasteiger partial charge in [0.2, 0.25) is 5.75 Å². The summed E-state index contributed by atoms with van der Waals surface area (Å²) in [6, 6.07) is 4.72.